The van der Waals surface area contributed by atoms with Gasteiger partial charge in [0.1, 0.15) is 41.7 Å². The van der Waals surface area contributed by atoms with Crippen molar-refractivity contribution in [1.82, 2.24) is 15.1 Å². The number of aliphatic hydroxyl groups is 3. The number of benzene rings is 3. The second-order valence-electron chi connectivity index (χ2n) is 20.4. The summed E-state index contributed by atoms with van der Waals surface area (Å²) in [6, 6.07) is 7.04. The number of hydrogen-bond acceptors (Lipinski definition) is 17. The zero-order chi connectivity index (χ0) is 53.5. The van der Waals surface area contributed by atoms with Crippen molar-refractivity contribution in [1.29, 1.82) is 0 Å². The van der Waals surface area contributed by atoms with Gasteiger partial charge < -0.3 is 60.8 Å². The van der Waals surface area contributed by atoms with Crippen LogP contribution in [0.5, 0.6) is 17.2 Å². The molecule has 23 heteroatoms. The lowest BCUT2D eigenvalue weighted by Crippen LogP contribution is -2.56. The van der Waals surface area contributed by atoms with Gasteiger partial charge in [-0.15, -0.1) is 0 Å². The fourth-order valence-corrected chi connectivity index (χ4v) is 11.1. The number of alkyl halides is 3. The number of halogens is 3. The van der Waals surface area contributed by atoms with E-state index in [0.29, 0.717) is 25.7 Å². The van der Waals surface area contributed by atoms with Gasteiger partial charge in [-0.25, -0.2) is 9.48 Å². The topological polar surface area (TPSA) is 308 Å². The fourth-order valence-electron chi connectivity index (χ4n) is 11.1. The minimum absolute atomic E-state index is 0.0225. The van der Waals surface area contributed by atoms with E-state index in [1.54, 1.807) is 13.8 Å². The van der Waals surface area contributed by atoms with Crippen LogP contribution in [0.3, 0.4) is 0 Å². The van der Waals surface area contributed by atoms with E-state index < -0.39 is 142 Å². The maximum Gasteiger partial charge on any atom is 0.435 e. The van der Waals surface area contributed by atoms with Crippen LogP contribution in [0.15, 0.2) is 36.4 Å². The number of carbonyl (C=O) groups excluding carboxylic acids is 6. The standard InChI is InChI=1S/C51H54F3N5O15/c1-21-41(63)29(15-35(72-21)74-33-19-50(70,34(62)20-60)16-27-37(33)45(67)40-39(43(27)65)42(64)26-6-5-7-32(71-4)36(26)44(40)66)57-48(69)73-24-11-8-22(9-12-24)56-28-14-23(10-13-25(28)47(55)68)59-30-17-49(2,3)18-31(61)38(30)46(58-59)51(52,53)54/h5-7,10,13-14,21-22,24,29,33,35,41,56,60,63,65,67,70H,8-9,11-12,15-20H2,1-4H3,(H2,55,68)(H,57,69)/t21-,22?,24?,29-,33-,35-,41+,50-/m1/s1. The molecule has 0 unspecified atom stereocenters. The Bertz CT molecular complexity index is 3020. The summed E-state index contributed by atoms with van der Waals surface area (Å²) < 4.78 is 67.0. The summed E-state index contributed by atoms with van der Waals surface area (Å²) in [5.41, 5.74) is -0.562. The average Bonchev–Trinajstić information content (AvgIpc) is 3.73. The molecule has 2 heterocycles. The molecular weight excluding hydrogens is 980 g/mol. The van der Waals surface area contributed by atoms with Gasteiger partial charge in [0.05, 0.1) is 64.6 Å². The molecule has 9 rings (SSSR count). The highest BCUT2D eigenvalue weighted by Crippen LogP contribution is 2.53. The lowest BCUT2D eigenvalue weighted by molar-refractivity contribution is -0.249. The summed E-state index contributed by atoms with van der Waals surface area (Å²) in [4.78, 5) is 80.1. The SMILES string of the molecule is COc1cccc2c1C(=O)c1c(O)c3c(c(O)c1C2=O)C[C@](O)(C(=O)CO)C[C@H]3O[C@@H]1C[C@@H](NC(=O)OC2CCC(Nc3cc(-n4nc(C(F)(F)F)c5c4CC(C)(C)CC5=O)ccc3C(N)=O)CC2)[C@@H](O)[C@@H](C)O1. The van der Waals surface area contributed by atoms with Gasteiger partial charge in [0.15, 0.2) is 29.3 Å². The van der Waals surface area contributed by atoms with Gasteiger partial charge >= 0.3 is 12.3 Å². The molecule has 1 aliphatic heterocycles. The number of nitrogens with one attached hydrogen (secondary N) is 2. The number of primary amides is 1. The van der Waals surface area contributed by atoms with Crippen molar-refractivity contribution in [3.05, 3.63) is 92.3 Å². The first-order valence-corrected chi connectivity index (χ1v) is 24.0. The lowest BCUT2D eigenvalue weighted by Gasteiger charge is -2.42. The van der Waals surface area contributed by atoms with Crippen LogP contribution < -0.4 is 21.1 Å². The van der Waals surface area contributed by atoms with Crippen LogP contribution in [0.1, 0.15) is 147 Å². The minimum Gasteiger partial charge on any atom is -0.507 e. The van der Waals surface area contributed by atoms with E-state index in [9.17, 15) is 67.5 Å². The third-order valence-corrected chi connectivity index (χ3v) is 14.7. The Morgan fingerprint density at radius 1 is 0.959 bits per heavy atom. The number of methoxy groups -OCH3 is 1. The maximum absolute atomic E-state index is 14.2. The Labute approximate surface area is 419 Å². The highest BCUT2D eigenvalue weighted by atomic mass is 19.4. The van der Waals surface area contributed by atoms with Crippen molar-refractivity contribution in [2.75, 3.05) is 19.0 Å². The van der Waals surface area contributed by atoms with Crippen LogP contribution in [-0.2, 0) is 38.0 Å². The van der Waals surface area contributed by atoms with Gasteiger partial charge in [0.25, 0.3) is 5.91 Å². The van der Waals surface area contributed by atoms with Crippen LogP contribution in [-0.4, -0.2) is 126 Å². The molecule has 20 nitrogen and oxygen atoms in total. The van der Waals surface area contributed by atoms with Crippen molar-refractivity contribution in [3.8, 4) is 22.9 Å². The monoisotopic (exact) mass is 1030 g/mol. The second-order valence-corrected chi connectivity index (χ2v) is 20.4. The number of ether oxygens (including phenoxy) is 4. The van der Waals surface area contributed by atoms with Crippen LogP contribution in [0.25, 0.3) is 5.69 Å². The van der Waals surface area contributed by atoms with Crippen molar-refractivity contribution in [2.24, 2.45) is 11.1 Å². The van der Waals surface area contributed by atoms with E-state index in [2.05, 4.69) is 15.7 Å². The summed E-state index contributed by atoms with van der Waals surface area (Å²) in [6.07, 6.45) is -11.8. The number of anilines is 1. The molecule has 0 radical (unpaired) electrons. The number of aliphatic hydroxyl groups excluding tert-OH is 2. The van der Waals surface area contributed by atoms with Gasteiger partial charge in [-0.05, 0) is 68.7 Å². The molecule has 4 aromatic rings. The summed E-state index contributed by atoms with van der Waals surface area (Å²) in [5, 5.41) is 66.0. The van der Waals surface area contributed by atoms with E-state index in [0.717, 1.165) is 4.68 Å². The zero-order valence-corrected chi connectivity index (χ0v) is 40.5. The summed E-state index contributed by atoms with van der Waals surface area (Å²) in [7, 11) is 1.28. The zero-order valence-electron chi connectivity index (χ0n) is 40.5. The number of rotatable bonds is 11. The fraction of sp³-hybridized carbons (Fsp3) is 0.471. The van der Waals surface area contributed by atoms with E-state index >= 15 is 0 Å². The molecule has 1 saturated heterocycles. The highest BCUT2D eigenvalue weighted by molar-refractivity contribution is 6.31. The van der Waals surface area contributed by atoms with Crippen molar-refractivity contribution >= 4 is 40.8 Å². The second kappa shape index (κ2) is 19.1. The number of aromatic hydroxyl groups is 2. The molecule has 1 saturated carbocycles. The van der Waals surface area contributed by atoms with Crippen molar-refractivity contribution < 1.29 is 86.4 Å². The predicted molar refractivity (Wildman–Crippen MR) is 250 cm³/mol. The first-order chi connectivity index (χ1) is 34.8. The molecular formula is C51H54F3N5O15. The molecule has 1 aromatic heterocycles. The number of carbonyl (C=O) groups is 6. The maximum atomic E-state index is 14.2. The molecule has 0 spiro atoms. The quantitative estimate of drug-likeness (QED) is 0.0835. The molecule has 2 fully saturated rings. The number of amides is 2. The molecule has 394 valence electrons. The number of phenols is 2. The van der Waals surface area contributed by atoms with Crippen molar-refractivity contribution in [2.45, 2.75) is 133 Å². The molecule has 3 aromatic carbocycles. The molecule has 74 heavy (non-hydrogen) atoms. The Kier molecular flexibility index (Phi) is 13.4. The van der Waals surface area contributed by atoms with E-state index in [1.165, 1.54) is 50.4 Å². The first kappa shape index (κ1) is 52.0. The Morgan fingerprint density at radius 3 is 2.32 bits per heavy atom. The van der Waals surface area contributed by atoms with E-state index in [1.807, 2.05) is 0 Å². The van der Waals surface area contributed by atoms with Gasteiger partial charge in [-0.3, -0.25) is 24.0 Å². The van der Waals surface area contributed by atoms with Crippen LogP contribution >= 0.6 is 0 Å². The number of aromatic nitrogens is 2. The smallest absolute Gasteiger partial charge is 0.435 e. The number of hydrogen-bond donors (Lipinski definition) is 8. The van der Waals surface area contributed by atoms with E-state index in [4.69, 9.17) is 24.7 Å². The molecule has 6 atom stereocenters. The van der Waals surface area contributed by atoms with Gasteiger partial charge in [-0.1, -0.05) is 26.0 Å². The Hall–Kier alpha value is -6.92. The third kappa shape index (κ3) is 9.24. The van der Waals surface area contributed by atoms with Crippen molar-refractivity contribution in [3.63, 3.8) is 0 Å². The molecule has 9 N–H and O–H groups in total. The largest absolute Gasteiger partial charge is 0.507 e. The number of phenolic OH excluding ortho intramolecular Hbond substituents is 2. The summed E-state index contributed by atoms with van der Waals surface area (Å²) in [6.45, 7) is 3.91. The van der Waals surface area contributed by atoms with Gasteiger partial charge in [0, 0.05) is 54.1 Å². The highest BCUT2D eigenvalue weighted by Gasteiger charge is 2.51. The summed E-state index contributed by atoms with van der Waals surface area (Å²) >= 11 is 0. The third-order valence-electron chi connectivity index (χ3n) is 14.7. The molecule has 5 aliphatic rings. The first-order valence-electron chi connectivity index (χ1n) is 24.0. The molecule has 2 amide bonds. The average molecular weight is 1030 g/mol. The molecule has 0 bridgehead atoms. The molecule has 4 aliphatic carbocycles. The van der Waals surface area contributed by atoms with E-state index in [-0.39, 0.29) is 75.9 Å². The lowest BCUT2D eigenvalue weighted by atomic mass is 9.72. The Morgan fingerprint density at radius 2 is 1.66 bits per heavy atom. The minimum atomic E-state index is -4.90. The normalized spacial score (nSPS) is 26.2. The van der Waals surface area contributed by atoms with Crippen LogP contribution in [0.4, 0.5) is 23.7 Å². The van der Waals surface area contributed by atoms with Crippen LogP contribution in [0, 0.1) is 5.41 Å². The number of ketones is 4. The van der Waals surface area contributed by atoms with Gasteiger partial charge in [0.2, 0.25) is 5.78 Å². The summed E-state index contributed by atoms with van der Waals surface area (Å²) in [5.74, 6) is -5.82. The van der Waals surface area contributed by atoms with Crippen LogP contribution in [0.2, 0.25) is 0 Å². The number of nitrogens with two attached hydrogens (primary N) is 1. The Balaban J connectivity index is 0.885. The number of Topliss-reactive ketones (excluding diaryl/α,β-unsaturated/α-hetero) is 2. The van der Waals surface area contributed by atoms with Gasteiger partial charge in [-0.2, -0.15) is 18.3 Å². The number of fused-ring (bicyclic) bond motifs is 4. The number of alkyl carbamates (subject to hydrolysis) is 1. The number of nitrogens with zero attached hydrogens (tertiary/aromatic N) is 2. The predicted octanol–water partition coefficient (Wildman–Crippen LogP) is 4.65.